The van der Waals surface area contributed by atoms with Gasteiger partial charge in [0, 0.05) is 5.69 Å². The van der Waals surface area contributed by atoms with Crippen LogP contribution in [0.4, 0.5) is 5.69 Å². The van der Waals surface area contributed by atoms with Gasteiger partial charge in [0.25, 0.3) is 0 Å². The Morgan fingerprint density at radius 3 is 2.43 bits per heavy atom. The van der Waals surface area contributed by atoms with Crippen LogP contribution in [0.1, 0.15) is 35.2 Å². The second-order valence-electron chi connectivity index (χ2n) is 5.34. The molecule has 1 amide bonds. The highest BCUT2D eigenvalue weighted by atomic mass is 16.2. The molecule has 0 saturated heterocycles. The van der Waals surface area contributed by atoms with E-state index in [-0.39, 0.29) is 5.91 Å². The molecular weight excluding hydrogens is 260 g/mol. The average Bonchev–Trinajstić information content (AvgIpc) is 2.49. The van der Waals surface area contributed by atoms with Gasteiger partial charge in [-0.1, -0.05) is 55.0 Å². The summed E-state index contributed by atoms with van der Waals surface area (Å²) in [5.74, 6) is -0.178. The Bertz CT molecular complexity index is 632. The predicted molar refractivity (Wildman–Crippen MR) is 87.3 cm³/mol. The average molecular weight is 282 g/mol. The second-order valence-corrected chi connectivity index (χ2v) is 5.34. The van der Waals surface area contributed by atoms with Crippen molar-refractivity contribution in [2.75, 3.05) is 5.32 Å². The van der Waals surface area contributed by atoms with Gasteiger partial charge in [0.15, 0.2) is 0 Å². The molecule has 0 aromatic heterocycles. The lowest BCUT2D eigenvalue weighted by Crippen LogP contribution is -2.28. The lowest BCUT2D eigenvalue weighted by Gasteiger charge is -2.17. The van der Waals surface area contributed by atoms with Crippen molar-refractivity contribution in [3.8, 4) is 0 Å². The van der Waals surface area contributed by atoms with Crippen LogP contribution in [0, 0.1) is 13.8 Å². The summed E-state index contributed by atoms with van der Waals surface area (Å²) in [6.45, 7) is 6.08. The minimum atomic E-state index is -0.657. The molecule has 0 aliphatic heterocycles. The van der Waals surface area contributed by atoms with Crippen molar-refractivity contribution in [1.82, 2.24) is 0 Å². The number of amides is 1. The maximum atomic E-state index is 12.4. The van der Waals surface area contributed by atoms with Crippen LogP contribution in [0.2, 0.25) is 0 Å². The van der Waals surface area contributed by atoms with E-state index in [9.17, 15) is 4.79 Å². The fraction of sp³-hybridized carbons (Fsp3) is 0.278. The number of anilines is 1. The van der Waals surface area contributed by atoms with Crippen molar-refractivity contribution >= 4 is 11.6 Å². The van der Waals surface area contributed by atoms with E-state index in [1.165, 1.54) is 0 Å². The fourth-order valence-electron chi connectivity index (χ4n) is 2.33. The monoisotopic (exact) mass is 282 g/mol. The quantitative estimate of drug-likeness (QED) is 0.901. The van der Waals surface area contributed by atoms with Crippen molar-refractivity contribution in [2.45, 2.75) is 33.2 Å². The first kappa shape index (κ1) is 15.3. The molecule has 3 heteroatoms. The van der Waals surface area contributed by atoms with Gasteiger partial charge in [-0.15, -0.1) is 0 Å². The molecule has 0 fully saturated rings. The number of aryl methyl sites for hydroxylation is 3. The fourth-order valence-corrected chi connectivity index (χ4v) is 2.33. The Morgan fingerprint density at radius 1 is 1.14 bits per heavy atom. The molecule has 0 heterocycles. The second kappa shape index (κ2) is 6.55. The van der Waals surface area contributed by atoms with E-state index < -0.39 is 6.04 Å². The molecular formula is C18H22N2O. The van der Waals surface area contributed by atoms with Crippen LogP contribution in [-0.4, -0.2) is 5.91 Å². The van der Waals surface area contributed by atoms with Crippen molar-refractivity contribution < 1.29 is 4.79 Å². The first-order chi connectivity index (χ1) is 10.0. The Hall–Kier alpha value is -2.13. The zero-order valence-corrected chi connectivity index (χ0v) is 12.8. The molecule has 3 nitrogen and oxygen atoms in total. The largest absolute Gasteiger partial charge is 0.324 e. The Labute approximate surface area is 126 Å². The number of benzene rings is 2. The summed E-state index contributed by atoms with van der Waals surface area (Å²) in [4.78, 5) is 12.4. The van der Waals surface area contributed by atoms with E-state index in [1.807, 2.05) is 56.3 Å². The van der Waals surface area contributed by atoms with Crippen LogP contribution in [0.25, 0.3) is 0 Å². The van der Waals surface area contributed by atoms with Crippen LogP contribution in [0.3, 0.4) is 0 Å². The third-order valence-corrected chi connectivity index (χ3v) is 3.71. The number of hydrogen-bond donors (Lipinski definition) is 2. The summed E-state index contributed by atoms with van der Waals surface area (Å²) in [5, 5.41) is 2.98. The molecule has 0 aliphatic rings. The van der Waals surface area contributed by atoms with E-state index in [2.05, 4.69) is 12.2 Å². The van der Waals surface area contributed by atoms with Gasteiger partial charge in [-0.2, -0.15) is 0 Å². The predicted octanol–water partition coefficient (Wildman–Crippen LogP) is 3.50. The molecule has 2 aromatic rings. The van der Waals surface area contributed by atoms with E-state index in [0.29, 0.717) is 0 Å². The highest BCUT2D eigenvalue weighted by Gasteiger charge is 2.17. The third-order valence-electron chi connectivity index (χ3n) is 3.71. The number of para-hydroxylation sites is 1. The van der Waals surface area contributed by atoms with Crippen molar-refractivity contribution in [3.05, 3.63) is 64.7 Å². The van der Waals surface area contributed by atoms with Gasteiger partial charge < -0.3 is 11.1 Å². The van der Waals surface area contributed by atoms with Crippen LogP contribution in [-0.2, 0) is 11.2 Å². The van der Waals surface area contributed by atoms with E-state index >= 15 is 0 Å². The van der Waals surface area contributed by atoms with E-state index in [4.69, 9.17) is 5.73 Å². The summed E-state index contributed by atoms with van der Waals surface area (Å²) in [7, 11) is 0. The standard InChI is InChI=1S/C18H22N2O/c1-4-14-7-5-6-13(3)17(14)20-18(21)16(19)15-10-8-12(2)9-11-15/h5-11,16H,4,19H2,1-3H3,(H,20,21). The van der Waals surface area contributed by atoms with Gasteiger partial charge in [-0.05, 0) is 37.0 Å². The van der Waals surface area contributed by atoms with Gasteiger partial charge >= 0.3 is 0 Å². The van der Waals surface area contributed by atoms with Gasteiger partial charge in [0.05, 0.1) is 0 Å². The lowest BCUT2D eigenvalue weighted by atomic mass is 10.0. The number of carbonyl (C=O) groups is 1. The summed E-state index contributed by atoms with van der Waals surface area (Å²) in [6.07, 6.45) is 0.872. The van der Waals surface area contributed by atoms with E-state index in [1.54, 1.807) is 0 Å². The normalized spacial score (nSPS) is 12.0. The number of hydrogen-bond acceptors (Lipinski definition) is 2. The maximum absolute atomic E-state index is 12.4. The Balaban J connectivity index is 2.20. The van der Waals surface area contributed by atoms with Gasteiger partial charge in [0.1, 0.15) is 6.04 Å². The highest BCUT2D eigenvalue weighted by molar-refractivity contribution is 5.96. The molecule has 1 atom stereocenters. The molecule has 0 bridgehead atoms. The van der Waals surface area contributed by atoms with Gasteiger partial charge in [0.2, 0.25) is 5.91 Å². The number of nitrogens with two attached hydrogens (primary N) is 1. The lowest BCUT2D eigenvalue weighted by molar-refractivity contribution is -0.117. The Morgan fingerprint density at radius 2 is 1.81 bits per heavy atom. The summed E-state index contributed by atoms with van der Waals surface area (Å²) >= 11 is 0. The summed E-state index contributed by atoms with van der Waals surface area (Å²) < 4.78 is 0. The summed E-state index contributed by atoms with van der Waals surface area (Å²) in [6, 6.07) is 13.1. The minimum Gasteiger partial charge on any atom is -0.324 e. The smallest absolute Gasteiger partial charge is 0.245 e. The number of nitrogens with one attached hydrogen (secondary N) is 1. The summed E-state index contributed by atoms with van der Waals surface area (Å²) in [5.41, 5.74) is 11.1. The molecule has 3 N–H and O–H groups in total. The van der Waals surface area contributed by atoms with Crippen molar-refractivity contribution in [1.29, 1.82) is 0 Å². The molecule has 1 unspecified atom stereocenters. The van der Waals surface area contributed by atoms with Crippen molar-refractivity contribution in [2.24, 2.45) is 5.73 Å². The number of carbonyl (C=O) groups excluding carboxylic acids is 1. The van der Waals surface area contributed by atoms with Gasteiger partial charge in [-0.25, -0.2) is 0 Å². The molecule has 0 radical (unpaired) electrons. The zero-order valence-electron chi connectivity index (χ0n) is 12.8. The molecule has 2 aromatic carbocycles. The van der Waals surface area contributed by atoms with Crippen LogP contribution >= 0.6 is 0 Å². The SMILES string of the molecule is CCc1cccc(C)c1NC(=O)C(N)c1ccc(C)cc1. The van der Waals surface area contributed by atoms with E-state index in [0.717, 1.165) is 34.4 Å². The maximum Gasteiger partial charge on any atom is 0.245 e. The molecule has 0 aliphatic carbocycles. The van der Waals surface area contributed by atoms with Crippen LogP contribution < -0.4 is 11.1 Å². The highest BCUT2D eigenvalue weighted by Crippen LogP contribution is 2.22. The van der Waals surface area contributed by atoms with Gasteiger partial charge in [-0.3, -0.25) is 4.79 Å². The zero-order chi connectivity index (χ0) is 15.4. The van der Waals surface area contributed by atoms with Crippen LogP contribution in [0.5, 0.6) is 0 Å². The molecule has 0 spiro atoms. The molecule has 2 rings (SSSR count). The molecule has 0 saturated carbocycles. The minimum absolute atomic E-state index is 0.178. The van der Waals surface area contributed by atoms with Crippen molar-refractivity contribution in [3.63, 3.8) is 0 Å². The first-order valence-electron chi connectivity index (χ1n) is 7.24. The topological polar surface area (TPSA) is 55.1 Å². The molecule has 21 heavy (non-hydrogen) atoms. The molecule has 110 valence electrons. The Kier molecular flexibility index (Phi) is 4.76. The number of rotatable bonds is 4. The van der Waals surface area contributed by atoms with Crippen LogP contribution in [0.15, 0.2) is 42.5 Å². The third kappa shape index (κ3) is 3.50. The first-order valence-corrected chi connectivity index (χ1v) is 7.24.